The molecule has 1 amide bonds. The Morgan fingerprint density at radius 3 is 2.69 bits per heavy atom. The second kappa shape index (κ2) is 7.03. The molecule has 2 heterocycles. The third-order valence-corrected chi connectivity index (χ3v) is 7.28. The first-order valence-corrected chi connectivity index (χ1v) is 10.9. The van der Waals surface area contributed by atoms with Crippen LogP contribution in [0.4, 0.5) is 8.78 Å². The van der Waals surface area contributed by atoms with E-state index in [1.54, 1.807) is 6.92 Å². The fraction of sp³-hybridized carbons (Fsp3) is 0.682. The standard InChI is InChI=1S/C22H28F2N4O/c1-11(16-8-13-3-4-15(16)7-13)25-19(29)10-28-22-20(12(2)27-28)17(21(23)24)9-18(26-22)14-5-6-14/h9,11,13-16,21H,3-8,10H2,1-2H3,(H,25,29). The first-order valence-electron chi connectivity index (χ1n) is 10.9. The summed E-state index contributed by atoms with van der Waals surface area (Å²) in [6.07, 6.45) is 4.51. The molecule has 5 nitrogen and oxygen atoms in total. The number of rotatable bonds is 6. The molecule has 2 aromatic heterocycles. The summed E-state index contributed by atoms with van der Waals surface area (Å²) in [5, 5.41) is 7.92. The van der Waals surface area contributed by atoms with Crippen LogP contribution >= 0.6 is 0 Å². The quantitative estimate of drug-likeness (QED) is 0.774. The fourth-order valence-electron chi connectivity index (χ4n) is 5.73. The summed E-state index contributed by atoms with van der Waals surface area (Å²) >= 11 is 0. The van der Waals surface area contributed by atoms with Gasteiger partial charge in [0.15, 0.2) is 5.65 Å². The molecule has 0 aromatic carbocycles. The predicted molar refractivity (Wildman–Crippen MR) is 106 cm³/mol. The van der Waals surface area contributed by atoms with Crippen LogP contribution in [0, 0.1) is 24.7 Å². The van der Waals surface area contributed by atoms with Crippen LogP contribution in [0.2, 0.25) is 0 Å². The van der Waals surface area contributed by atoms with Crippen LogP contribution in [-0.2, 0) is 11.3 Å². The molecule has 4 atom stereocenters. The number of halogens is 2. The average Bonchev–Trinajstić information content (AvgIpc) is 3.19. The summed E-state index contributed by atoms with van der Waals surface area (Å²) in [5.41, 5.74) is 1.59. The van der Waals surface area contributed by atoms with E-state index in [4.69, 9.17) is 0 Å². The van der Waals surface area contributed by atoms with E-state index in [2.05, 4.69) is 22.3 Å². The van der Waals surface area contributed by atoms with Gasteiger partial charge in [0.2, 0.25) is 5.91 Å². The van der Waals surface area contributed by atoms with Gasteiger partial charge in [-0.3, -0.25) is 4.79 Å². The fourth-order valence-corrected chi connectivity index (χ4v) is 5.73. The highest BCUT2D eigenvalue weighted by molar-refractivity contribution is 5.85. The van der Waals surface area contributed by atoms with Gasteiger partial charge in [-0.1, -0.05) is 6.42 Å². The van der Waals surface area contributed by atoms with E-state index < -0.39 is 6.43 Å². The van der Waals surface area contributed by atoms with Crippen molar-refractivity contribution in [3.63, 3.8) is 0 Å². The smallest absolute Gasteiger partial charge is 0.264 e. The first kappa shape index (κ1) is 18.9. The van der Waals surface area contributed by atoms with E-state index in [0.29, 0.717) is 28.3 Å². The van der Waals surface area contributed by atoms with Gasteiger partial charge >= 0.3 is 0 Å². The summed E-state index contributed by atoms with van der Waals surface area (Å²) in [6, 6.07) is 1.66. The molecule has 0 saturated heterocycles. The summed E-state index contributed by atoms with van der Waals surface area (Å²) in [7, 11) is 0. The van der Waals surface area contributed by atoms with Crippen LogP contribution in [0.1, 0.15) is 74.7 Å². The molecule has 2 bridgehead atoms. The van der Waals surface area contributed by atoms with E-state index in [0.717, 1.165) is 24.7 Å². The number of amides is 1. The van der Waals surface area contributed by atoms with Crippen LogP contribution in [0.5, 0.6) is 0 Å². The Morgan fingerprint density at radius 2 is 2.07 bits per heavy atom. The highest BCUT2D eigenvalue weighted by Gasteiger charge is 2.42. The lowest BCUT2D eigenvalue weighted by atomic mass is 9.84. The second-order valence-corrected chi connectivity index (χ2v) is 9.35. The zero-order valence-corrected chi connectivity index (χ0v) is 17.0. The van der Waals surface area contributed by atoms with Gasteiger partial charge in [0.05, 0.1) is 11.1 Å². The molecule has 0 radical (unpaired) electrons. The topological polar surface area (TPSA) is 59.8 Å². The Bertz CT molecular complexity index is 952. The minimum atomic E-state index is -2.58. The van der Waals surface area contributed by atoms with Crippen LogP contribution in [-0.4, -0.2) is 26.7 Å². The molecule has 3 aliphatic rings. The van der Waals surface area contributed by atoms with Crippen molar-refractivity contribution in [2.75, 3.05) is 0 Å². The molecule has 5 rings (SSSR count). The van der Waals surface area contributed by atoms with Crippen molar-refractivity contribution in [2.24, 2.45) is 17.8 Å². The monoisotopic (exact) mass is 402 g/mol. The van der Waals surface area contributed by atoms with Crippen molar-refractivity contribution >= 4 is 16.9 Å². The molecule has 3 fully saturated rings. The number of alkyl halides is 2. The number of carbonyl (C=O) groups excluding carboxylic acids is 1. The van der Waals surface area contributed by atoms with Gasteiger partial charge < -0.3 is 5.32 Å². The molecule has 3 aliphatic carbocycles. The average molecular weight is 402 g/mol. The number of aromatic nitrogens is 3. The number of nitrogens with one attached hydrogen (secondary N) is 1. The number of aryl methyl sites for hydroxylation is 1. The van der Waals surface area contributed by atoms with Gasteiger partial charge in [-0.25, -0.2) is 18.4 Å². The number of hydrogen-bond acceptors (Lipinski definition) is 3. The van der Waals surface area contributed by atoms with Crippen molar-refractivity contribution in [3.8, 4) is 0 Å². The Hall–Kier alpha value is -2.05. The van der Waals surface area contributed by atoms with E-state index in [9.17, 15) is 13.6 Å². The normalized spacial score (nSPS) is 27.1. The lowest BCUT2D eigenvalue weighted by Gasteiger charge is -2.28. The lowest BCUT2D eigenvalue weighted by molar-refractivity contribution is -0.122. The van der Waals surface area contributed by atoms with Crippen LogP contribution in [0.25, 0.3) is 11.0 Å². The molecular weight excluding hydrogens is 374 g/mol. The van der Waals surface area contributed by atoms with Gasteiger partial charge in [0.25, 0.3) is 6.43 Å². The largest absolute Gasteiger partial charge is 0.352 e. The lowest BCUT2D eigenvalue weighted by Crippen LogP contribution is -2.41. The molecule has 2 aromatic rings. The van der Waals surface area contributed by atoms with Crippen molar-refractivity contribution in [1.82, 2.24) is 20.1 Å². The molecule has 1 N–H and O–H groups in total. The Balaban J connectivity index is 1.37. The molecular formula is C22H28F2N4O. The molecule has 0 spiro atoms. The van der Waals surface area contributed by atoms with Crippen LogP contribution in [0.3, 0.4) is 0 Å². The van der Waals surface area contributed by atoms with Gasteiger partial charge in [-0.15, -0.1) is 0 Å². The number of hydrogen-bond donors (Lipinski definition) is 1. The third-order valence-electron chi connectivity index (χ3n) is 7.28. The molecule has 156 valence electrons. The zero-order chi connectivity index (χ0) is 20.3. The highest BCUT2D eigenvalue weighted by atomic mass is 19.3. The minimum absolute atomic E-state index is 0.0132. The Morgan fingerprint density at radius 1 is 1.28 bits per heavy atom. The molecule has 3 saturated carbocycles. The summed E-state index contributed by atoms with van der Waals surface area (Å²) < 4.78 is 28.9. The maximum atomic E-state index is 13.7. The number of fused-ring (bicyclic) bond motifs is 3. The van der Waals surface area contributed by atoms with Crippen molar-refractivity contribution in [1.29, 1.82) is 0 Å². The minimum Gasteiger partial charge on any atom is -0.352 e. The summed E-state index contributed by atoms with van der Waals surface area (Å²) in [4.78, 5) is 17.4. The van der Waals surface area contributed by atoms with E-state index in [-0.39, 0.29) is 30.0 Å². The maximum absolute atomic E-state index is 13.7. The Kier molecular flexibility index (Phi) is 4.59. The Labute approximate surface area is 169 Å². The molecule has 0 aliphatic heterocycles. The summed E-state index contributed by atoms with van der Waals surface area (Å²) in [6.45, 7) is 3.81. The van der Waals surface area contributed by atoms with Crippen molar-refractivity contribution < 1.29 is 13.6 Å². The van der Waals surface area contributed by atoms with E-state index >= 15 is 0 Å². The van der Waals surface area contributed by atoms with E-state index in [1.165, 1.54) is 36.4 Å². The van der Waals surface area contributed by atoms with Crippen LogP contribution in [0.15, 0.2) is 6.07 Å². The SMILES string of the molecule is Cc1nn(CC(=O)NC(C)C2CC3CCC2C3)c2nc(C3CC3)cc(C(F)F)c12. The van der Waals surface area contributed by atoms with Crippen molar-refractivity contribution in [3.05, 3.63) is 23.0 Å². The van der Waals surface area contributed by atoms with Gasteiger partial charge in [-0.05, 0) is 69.8 Å². The third kappa shape index (κ3) is 3.42. The number of nitrogens with zero attached hydrogens (tertiary/aromatic N) is 3. The summed E-state index contributed by atoms with van der Waals surface area (Å²) in [5.74, 6) is 2.26. The molecule has 4 unspecified atom stereocenters. The van der Waals surface area contributed by atoms with Crippen molar-refractivity contribution in [2.45, 2.75) is 77.3 Å². The molecule has 7 heteroatoms. The first-order chi connectivity index (χ1) is 13.9. The van der Waals surface area contributed by atoms with Crippen LogP contribution < -0.4 is 5.32 Å². The van der Waals surface area contributed by atoms with Gasteiger partial charge in [0, 0.05) is 23.2 Å². The number of pyridine rings is 1. The highest BCUT2D eigenvalue weighted by Crippen LogP contribution is 2.49. The predicted octanol–water partition coefficient (Wildman–Crippen LogP) is 4.50. The molecule has 29 heavy (non-hydrogen) atoms. The maximum Gasteiger partial charge on any atom is 0.264 e. The van der Waals surface area contributed by atoms with Gasteiger partial charge in [-0.2, -0.15) is 5.10 Å². The zero-order valence-electron chi connectivity index (χ0n) is 17.0. The van der Waals surface area contributed by atoms with Gasteiger partial charge in [0.1, 0.15) is 6.54 Å². The number of carbonyl (C=O) groups is 1. The second-order valence-electron chi connectivity index (χ2n) is 9.35. The van der Waals surface area contributed by atoms with E-state index in [1.807, 2.05) is 0 Å².